The van der Waals surface area contributed by atoms with Gasteiger partial charge in [0.1, 0.15) is 6.07 Å². The molecule has 0 atom stereocenters. The molecule has 1 rings (SSSR count). The van der Waals surface area contributed by atoms with E-state index in [1.165, 1.54) is 13.0 Å². The topological polar surface area (TPSA) is 49.6 Å². The number of nitriles is 1. The minimum atomic E-state index is -4.62. The van der Waals surface area contributed by atoms with Crippen LogP contribution in [0.1, 0.15) is 30.9 Å². The fraction of sp³-hybridized carbons (Fsp3) is 0.444. The molecule has 0 aliphatic rings. The molecule has 0 bridgehead atoms. The molecule has 0 radical (unpaired) electrons. The van der Waals surface area contributed by atoms with E-state index in [9.17, 15) is 13.2 Å². The highest BCUT2D eigenvalue weighted by molar-refractivity contribution is 5.28. The van der Waals surface area contributed by atoms with Gasteiger partial charge < -0.3 is 0 Å². The Morgan fingerprint density at radius 3 is 2.27 bits per heavy atom. The molecule has 15 heavy (non-hydrogen) atoms. The van der Waals surface area contributed by atoms with Crippen molar-refractivity contribution in [2.24, 2.45) is 0 Å². The number of halogens is 3. The maximum atomic E-state index is 12.2. The fourth-order valence-corrected chi connectivity index (χ4v) is 0.757. The fourth-order valence-electron chi connectivity index (χ4n) is 0.757. The molecule has 0 aliphatic carbocycles. The predicted octanol–water partition coefficient (Wildman–Crippen LogP) is 2.70. The average Bonchev–Trinajstić information content (AvgIpc) is 2.19. The summed E-state index contributed by atoms with van der Waals surface area (Å²) < 4.78 is 36.5. The molecule has 1 heterocycles. The second-order valence-corrected chi connectivity index (χ2v) is 2.32. The highest BCUT2D eigenvalue weighted by Gasteiger charge is 2.36. The van der Waals surface area contributed by atoms with Gasteiger partial charge in [-0.3, -0.25) is 0 Å². The van der Waals surface area contributed by atoms with Gasteiger partial charge in [-0.25, -0.2) is 9.97 Å². The Labute approximate surface area is 85.6 Å². The number of nitrogens with zero attached hydrogens (tertiary/aromatic N) is 3. The normalized spacial score (nSPS) is 9.93. The van der Waals surface area contributed by atoms with Gasteiger partial charge in [-0.1, -0.05) is 13.8 Å². The summed E-state index contributed by atoms with van der Waals surface area (Å²) in [4.78, 5) is 6.52. The van der Waals surface area contributed by atoms with Crippen molar-refractivity contribution in [3.8, 4) is 6.07 Å². The number of hydrogen-bond donors (Lipinski definition) is 0. The summed E-state index contributed by atoms with van der Waals surface area (Å²) in [5.74, 6) is 0. The molecular formula is C9H10F3N3. The Morgan fingerprint density at radius 1 is 1.33 bits per heavy atom. The van der Waals surface area contributed by atoms with Crippen molar-refractivity contribution in [1.29, 1.82) is 5.26 Å². The van der Waals surface area contributed by atoms with Crippen LogP contribution >= 0.6 is 0 Å². The van der Waals surface area contributed by atoms with Gasteiger partial charge in [0.15, 0.2) is 11.4 Å². The molecular weight excluding hydrogens is 207 g/mol. The first kappa shape index (κ1) is 13.4. The molecule has 0 aromatic carbocycles. The van der Waals surface area contributed by atoms with E-state index in [-0.39, 0.29) is 5.69 Å². The Bertz CT molecular complexity index is 366. The summed E-state index contributed by atoms with van der Waals surface area (Å²) in [5.41, 5.74) is -1.79. The SMILES string of the molecule is CC.Cc1cnc(C#N)c(C(F)(F)F)n1. The van der Waals surface area contributed by atoms with Gasteiger partial charge in [0.2, 0.25) is 0 Å². The van der Waals surface area contributed by atoms with Crippen molar-refractivity contribution in [2.45, 2.75) is 26.9 Å². The second-order valence-electron chi connectivity index (χ2n) is 2.32. The highest BCUT2D eigenvalue weighted by atomic mass is 19.4. The lowest BCUT2D eigenvalue weighted by atomic mass is 10.3. The van der Waals surface area contributed by atoms with Crippen LogP contribution < -0.4 is 0 Å². The van der Waals surface area contributed by atoms with E-state index in [2.05, 4.69) is 9.97 Å². The minimum Gasteiger partial charge on any atom is -0.244 e. The van der Waals surface area contributed by atoms with Gasteiger partial charge in [-0.05, 0) is 6.92 Å². The molecule has 0 saturated heterocycles. The number of aryl methyl sites for hydroxylation is 1. The van der Waals surface area contributed by atoms with E-state index in [4.69, 9.17) is 5.26 Å². The summed E-state index contributed by atoms with van der Waals surface area (Å²) in [6.45, 7) is 5.38. The molecule has 1 aromatic heterocycles. The molecule has 0 fully saturated rings. The van der Waals surface area contributed by atoms with Gasteiger partial charge in [0.25, 0.3) is 0 Å². The molecule has 1 aromatic rings. The molecule has 0 saturated carbocycles. The average molecular weight is 217 g/mol. The van der Waals surface area contributed by atoms with Gasteiger partial charge in [0, 0.05) is 6.20 Å². The lowest BCUT2D eigenvalue weighted by Gasteiger charge is -2.06. The van der Waals surface area contributed by atoms with Gasteiger partial charge in [-0.2, -0.15) is 18.4 Å². The van der Waals surface area contributed by atoms with E-state index in [0.717, 1.165) is 6.20 Å². The van der Waals surface area contributed by atoms with Crippen molar-refractivity contribution in [1.82, 2.24) is 9.97 Å². The molecule has 0 unspecified atom stereocenters. The van der Waals surface area contributed by atoms with Gasteiger partial charge in [0.05, 0.1) is 5.69 Å². The monoisotopic (exact) mass is 217 g/mol. The van der Waals surface area contributed by atoms with E-state index in [1.807, 2.05) is 13.8 Å². The van der Waals surface area contributed by atoms with Crippen molar-refractivity contribution in [3.05, 3.63) is 23.3 Å². The summed E-state index contributed by atoms with van der Waals surface area (Å²) in [5, 5.41) is 8.32. The van der Waals surface area contributed by atoms with Crippen molar-refractivity contribution in [2.75, 3.05) is 0 Å². The van der Waals surface area contributed by atoms with Crippen molar-refractivity contribution < 1.29 is 13.2 Å². The first-order valence-electron chi connectivity index (χ1n) is 4.26. The predicted molar refractivity (Wildman–Crippen MR) is 47.8 cm³/mol. The zero-order valence-corrected chi connectivity index (χ0v) is 8.55. The van der Waals surface area contributed by atoms with Crippen LogP contribution in [0.4, 0.5) is 13.2 Å². The zero-order valence-electron chi connectivity index (χ0n) is 8.55. The van der Waals surface area contributed by atoms with Crippen LogP contribution in [0.15, 0.2) is 6.20 Å². The van der Waals surface area contributed by atoms with Crippen LogP contribution in [0.3, 0.4) is 0 Å². The Kier molecular flexibility index (Phi) is 4.71. The first-order valence-corrected chi connectivity index (χ1v) is 4.26. The van der Waals surface area contributed by atoms with Crippen LogP contribution in [0, 0.1) is 18.3 Å². The first-order chi connectivity index (χ1) is 6.95. The van der Waals surface area contributed by atoms with Crippen molar-refractivity contribution in [3.63, 3.8) is 0 Å². The molecule has 82 valence electrons. The summed E-state index contributed by atoms with van der Waals surface area (Å²) in [7, 11) is 0. The molecule has 0 amide bonds. The Morgan fingerprint density at radius 2 is 1.87 bits per heavy atom. The summed E-state index contributed by atoms with van der Waals surface area (Å²) in [6, 6.07) is 1.34. The quantitative estimate of drug-likeness (QED) is 0.671. The van der Waals surface area contributed by atoms with E-state index < -0.39 is 17.6 Å². The zero-order chi connectivity index (χ0) is 12.1. The third-order valence-electron chi connectivity index (χ3n) is 1.27. The van der Waals surface area contributed by atoms with Crippen LogP contribution in [0.2, 0.25) is 0 Å². The highest BCUT2D eigenvalue weighted by Crippen LogP contribution is 2.29. The van der Waals surface area contributed by atoms with Gasteiger partial charge in [-0.15, -0.1) is 0 Å². The van der Waals surface area contributed by atoms with Crippen molar-refractivity contribution >= 4 is 0 Å². The maximum Gasteiger partial charge on any atom is 0.436 e. The van der Waals surface area contributed by atoms with Gasteiger partial charge >= 0.3 is 6.18 Å². The number of hydrogen-bond acceptors (Lipinski definition) is 3. The molecule has 0 N–H and O–H groups in total. The summed E-state index contributed by atoms with van der Waals surface area (Å²) in [6.07, 6.45) is -3.50. The maximum absolute atomic E-state index is 12.2. The molecule has 6 heteroatoms. The lowest BCUT2D eigenvalue weighted by Crippen LogP contribution is -2.12. The Balaban J connectivity index is 0.000000921. The molecule has 0 spiro atoms. The smallest absolute Gasteiger partial charge is 0.244 e. The number of rotatable bonds is 0. The standard InChI is InChI=1S/C7H4F3N3.C2H6/c1-4-3-12-5(2-11)6(13-4)7(8,9)10;1-2/h3H,1H3;1-2H3. The van der Waals surface area contributed by atoms with E-state index >= 15 is 0 Å². The van der Waals surface area contributed by atoms with Crippen LogP contribution in [0.25, 0.3) is 0 Å². The summed E-state index contributed by atoms with van der Waals surface area (Å²) >= 11 is 0. The third-order valence-corrected chi connectivity index (χ3v) is 1.27. The van der Waals surface area contributed by atoms with Crippen LogP contribution in [-0.4, -0.2) is 9.97 Å². The van der Waals surface area contributed by atoms with Crippen LogP contribution in [-0.2, 0) is 6.18 Å². The lowest BCUT2D eigenvalue weighted by molar-refractivity contribution is -0.141. The number of aromatic nitrogens is 2. The number of alkyl halides is 3. The van der Waals surface area contributed by atoms with Crippen LogP contribution in [0.5, 0.6) is 0 Å². The second kappa shape index (κ2) is 5.29. The molecule has 0 aliphatic heterocycles. The van der Waals surface area contributed by atoms with E-state index in [1.54, 1.807) is 0 Å². The third kappa shape index (κ3) is 3.54. The minimum absolute atomic E-state index is 0.131. The van der Waals surface area contributed by atoms with E-state index in [0.29, 0.717) is 0 Å². The molecule has 3 nitrogen and oxygen atoms in total. The Hall–Kier alpha value is -1.64. The largest absolute Gasteiger partial charge is 0.436 e.